The van der Waals surface area contributed by atoms with Crippen molar-refractivity contribution in [1.29, 1.82) is 0 Å². The molecule has 2 heterocycles. The Balaban J connectivity index is 1.95. The maximum Gasteiger partial charge on any atom is 0.311 e. The Kier molecular flexibility index (Phi) is 3.60. The van der Waals surface area contributed by atoms with Crippen molar-refractivity contribution >= 4 is 27.8 Å². The number of esters is 1. The summed E-state index contributed by atoms with van der Waals surface area (Å²) < 4.78 is 5.38. The number of unbranched alkanes of at least 4 members (excludes halogenated alkanes) is 1. The maximum absolute atomic E-state index is 11.7. The van der Waals surface area contributed by atoms with E-state index in [1.54, 1.807) is 0 Å². The maximum atomic E-state index is 11.7. The molecule has 0 amide bonds. The highest BCUT2D eigenvalue weighted by Gasteiger charge is 2.09. The van der Waals surface area contributed by atoms with E-state index in [0.717, 1.165) is 40.3 Å². The van der Waals surface area contributed by atoms with Gasteiger partial charge in [0, 0.05) is 29.5 Å². The number of ether oxygens (including phenoxy) is 1. The van der Waals surface area contributed by atoms with Crippen LogP contribution in [0.3, 0.4) is 0 Å². The fraction of sp³-hybridized carbons (Fsp3) is 0.294. The number of nitrogens with zero attached hydrogens (tertiary/aromatic N) is 1. The Labute approximate surface area is 123 Å². The molecule has 108 valence electrons. The molecule has 0 radical (unpaired) electrons. The molecule has 1 aromatic carbocycles. The zero-order valence-corrected chi connectivity index (χ0v) is 12.3. The lowest BCUT2D eigenvalue weighted by Gasteiger charge is -2.03. The first-order valence-corrected chi connectivity index (χ1v) is 7.26. The van der Waals surface area contributed by atoms with Gasteiger partial charge in [0.05, 0.1) is 16.7 Å². The highest BCUT2D eigenvalue weighted by molar-refractivity contribution is 6.08. The normalized spacial score (nSPS) is 11.1. The summed E-state index contributed by atoms with van der Waals surface area (Å²) in [7, 11) is 0. The summed E-state index contributed by atoms with van der Waals surface area (Å²) in [6.07, 6.45) is 4.12. The van der Waals surface area contributed by atoms with E-state index in [4.69, 9.17) is 4.74 Å². The molecular weight excluding hydrogens is 264 g/mol. The van der Waals surface area contributed by atoms with Gasteiger partial charge in [-0.2, -0.15) is 0 Å². The van der Waals surface area contributed by atoms with Crippen LogP contribution in [-0.4, -0.2) is 15.9 Å². The molecule has 0 saturated carbocycles. The van der Waals surface area contributed by atoms with Crippen molar-refractivity contribution in [2.24, 2.45) is 0 Å². The van der Waals surface area contributed by atoms with Gasteiger partial charge in [-0.3, -0.25) is 9.78 Å². The largest absolute Gasteiger partial charge is 0.426 e. The fourth-order valence-electron chi connectivity index (χ4n) is 2.51. The van der Waals surface area contributed by atoms with Crippen LogP contribution in [0.25, 0.3) is 21.8 Å². The third-order valence-corrected chi connectivity index (χ3v) is 3.65. The first kappa shape index (κ1) is 13.6. The lowest BCUT2D eigenvalue weighted by Crippen LogP contribution is -2.07. The zero-order valence-electron chi connectivity index (χ0n) is 12.3. The number of hydrogen-bond acceptors (Lipinski definition) is 3. The minimum Gasteiger partial charge on any atom is -0.426 e. The monoisotopic (exact) mass is 282 g/mol. The number of fused-ring (bicyclic) bond motifs is 3. The molecule has 0 atom stereocenters. The number of pyridine rings is 1. The average molecular weight is 282 g/mol. The summed E-state index contributed by atoms with van der Waals surface area (Å²) in [6.45, 7) is 4.03. The first-order valence-electron chi connectivity index (χ1n) is 7.26. The number of aromatic nitrogens is 2. The Hall–Kier alpha value is -2.36. The van der Waals surface area contributed by atoms with Crippen LogP contribution in [-0.2, 0) is 4.79 Å². The Morgan fingerprint density at radius 2 is 2.14 bits per heavy atom. The lowest BCUT2D eigenvalue weighted by molar-refractivity contribution is -0.134. The summed E-state index contributed by atoms with van der Waals surface area (Å²) in [5.74, 6) is 0.408. The van der Waals surface area contributed by atoms with Gasteiger partial charge in [-0.05, 0) is 31.5 Å². The van der Waals surface area contributed by atoms with E-state index < -0.39 is 0 Å². The SMILES string of the molecule is CCCCC(=O)Oc1ccc2c(c1)[nH]c1c(C)nccc12. The van der Waals surface area contributed by atoms with Crippen LogP contribution in [0.1, 0.15) is 31.9 Å². The summed E-state index contributed by atoms with van der Waals surface area (Å²) in [4.78, 5) is 19.3. The minimum absolute atomic E-state index is 0.176. The predicted molar refractivity (Wildman–Crippen MR) is 83.5 cm³/mol. The number of carbonyl (C=O) groups excluding carboxylic acids is 1. The molecule has 0 unspecified atom stereocenters. The lowest BCUT2D eigenvalue weighted by atomic mass is 10.1. The summed E-state index contributed by atoms with van der Waals surface area (Å²) in [5, 5.41) is 2.25. The number of rotatable bonds is 4. The molecule has 4 nitrogen and oxygen atoms in total. The van der Waals surface area contributed by atoms with Crippen LogP contribution < -0.4 is 4.74 Å². The Morgan fingerprint density at radius 3 is 2.95 bits per heavy atom. The number of aryl methyl sites for hydroxylation is 1. The minimum atomic E-state index is -0.176. The molecule has 4 heteroatoms. The second-order valence-electron chi connectivity index (χ2n) is 5.23. The van der Waals surface area contributed by atoms with E-state index in [0.29, 0.717) is 12.2 Å². The molecule has 0 bridgehead atoms. The van der Waals surface area contributed by atoms with Crippen molar-refractivity contribution in [1.82, 2.24) is 9.97 Å². The van der Waals surface area contributed by atoms with Gasteiger partial charge in [-0.1, -0.05) is 13.3 Å². The molecule has 2 aromatic heterocycles. The summed E-state index contributed by atoms with van der Waals surface area (Å²) in [5.41, 5.74) is 2.95. The molecular formula is C17H18N2O2. The molecule has 21 heavy (non-hydrogen) atoms. The standard InChI is InChI=1S/C17H18N2O2/c1-3-4-5-16(20)21-12-6-7-13-14-8-9-18-11(2)17(14)19-15(13)10-12/h6-10,19H,3-5H2,1-2H3. The van der Waals surface area contributed by atoms with E-state index in [1.165, 1.54) is 0 Å². The van der Waals surface area contributed by atoms with Gasteiger partial charge in [0.15, 0.2) is 0 Å². The number of nitrogens with one attached hydrogen (secondary N) is 1. The number of carbonyl (C=O) groups is 1. The van der Waals surface area contributed by atoms with Crippen LogP contribution in [0.15, 0.2) is 30.5 Å². The molecule has 3 rings (SSSR count). The van der Waals surface area contributed by atoms with Gasteiger partial charge in [0.25, 0.3) is 0 Å². The van der Waals surface area contributed by atoms with Crippen molar-refractivity contribution in [2.45, 2.75) is 33.1 Å². The average Bonchev–Trinajstić information content (AvgIpc) is 2.84. The number of aromatic amines is 1. The molecule has 3 aromatic rings. The van der Waals surface area contributed by atoms with Crippen molar-refractivity contribution in [2.75, 3.05) is 0 Å². The van der Waals surface area contributed by atoms with E-state index >= 15 is 0 Å². The van der Waals surface area contributed by atoms with Crippen LogP contribution in [0, 0.1) is 6.92 Å². The highest BCUT2D eigenvalue weighted by atomic mass is 16.5. The molecule has 0 aliphatic heterocycles. The van der Waals surface area contributed by atoms with Crippen molar-refractivity contribution < 1.29 is 9.53 Å². The number of H-pyrrole nitrogens is 1. The third kappa shape index (κ3) is 2.61. The summed E-state index contributed by atoms with van der Waals surface area (Å²) >= 11 is 0. The molecule has 0 spiro atoms. The second kappa shape index (κ2) is 5.56. The van der Waals surface area contributed by atoms with Crippen molar-refractivity contribution in [3.8, 4) is 5.75 Å². The zero-order chi connectivity index (χ0) is 14.8. The van der Waals surface area contributed by atoms with Gasteiger partial charge in [0.1, 0.15) is 5.75 Å². The van der Waals surface area contributed by atoms with Crippen LogP contribution in [0.4, 0.5) is 0 Å². The van der Waals surface area contributed by atoms with Crippen LogP contribution >= 0.6 is 0 Å². The highest BCUT2D eigenvalue weighted by Crippen LogP contribution is 2.29. The quantitative estimate of drug-likeness (QED) is 0.578. The molecule has 0 aliphatic rings. The molecule has 0 aliphatic carbocycles. The van der Waals surface area contributed by atoms with Crippen LogP contribution in [0.5, 0.6) is 5.75 Å². The fourth-order valence-corrected chi connectivity index (χ4v) is 2.51. The number of benzene rings is 1. The topological polar surface area (TPSA) is 55.0 Å². The second-order valence-corrected chi connectivity index (χ2v) is 5.23. The van der Waals surface area contributed by atoms with Crippen LogP contribution in [0.2, 0.25) is 0 Å². The van der Waals surface area contributed by atoms with Gasteiger partial charge < -0.3 is 9.72 Å². The molecule has 0 fully saturated rings. The Morgan fingerprint density at radius 1 is 1.29 bits per heavy atom. The van der Waals surface area contributed by atoms with E-state index in [-0.39, 0.29) is 5.97 Å². The first-order chi connectivity index (χ1) is 10.2. The smallest absolute Gasteiger partial charge is 0.311 e. The molecule has 1 N–H and O–H groups in total. The van der Waals surface area contributed by atoms with E-state index in [1.807, 2.05) is 37.4 Å². The predicted octanol–water partition coefficient (Wildman–Crippen LogP) is 4.12. The van der Waals surface area contributed by atoms with Gasteiger partial charge in [-0.25, -0.2) is 0 Å². The van der Waals surface area contributed by atoms with Gasteiger partial charge in [-0.15, -0.1) is 0 Å². The third-order valence-electron chi connectivity index (χ3n) is 3.65. The van der Waals surface area contributed by atoms with Gasteiger partial charge in [0.2, 0.25) is 0 Å². The van der Waals surface area contributed by atoms with Crippen molar-refractivity contribution in [3.05, 3.63) is 36.2 Å². The summed E-state index contributed by atoms with van der Waals surface area (Å²) in [6, 6.07) is 7.69. The van der Waals surface area contributed by atoms with Gasteiger partial charge >= 0.3 is 5.97 Å². The molecule has 0 saturated heterocycles. The van der Waals surface area contributed by atoms with E-state index in [2.05, 4.69) is 16.9 Å². The van der Waals surface area contributed by atoms with E-state index in [9.17, 15) is 4.79 Å². The van der Waals surface area contributed by atoms with Crippen molar-refractivity contribution in [3.63, 3.8) is 0 Å². The Bertz CT molecular complexity index is 805. The number of hydrogen-bond donors (Lipinski definition) is 1.